The first-order valence-electron chi connectivity index (χ1n) is 5.83. The Balaban J connectivity index is 2.40. The summed E-state index contributed by atoms with van der Waals surface area (Å²) in [5.74, 6) is 0. The number of anilines is 1. The Hall–Kier alpha value is -1.11. The molecule has 0 radical (unpaired) electrons. The summed E-state index contributed by atoms with van der Waals surface area (Å²) < 4.78 is 24.5. The smallest absolute Gasteiger partial charge is 0.210 e. The van der Waals surface area contributed by atoms with Crippen LogP contribution < -0.4 is 15.8 Å². The van der Waals surface area contributed by atoms with Crippen LogP contribution in [0.3, 0.4) is 0 Å². The van der Waals surface area contributed by atoms with Crippen LogP contribution in [0.4, 0.5) is 5.69 Å². The lowest BCUT2D eigenvalue weighted by Gasteiger charge is -2.14. The molecule has 0 amide bonds. The summed E-state index contributed by atoms with van der Waals surface area (Å²) in [5.41, 5.74) is 8.78. The molecule has 1 atom stereocenters. The van der Waals surface area contributed by atoms with Crippen LogP contribution in [0.1, 0.15) is 18.1 Å². The van der Waals surface area contributed by atoms with E-state index in [1.165, 1.54) is 5.56 Å². The molecule has 4 N–H and O–H groups in total. The number of benzene rings is 1. The monoisotopic (exact) mass is 271 g/mol. The molecule has 1 rings (SSSR count). The van der Waals surface area contributed by atoms with Crippen LogP contribution >= 0.6 is 0 Å². The topological polar surface area (TPSA) is 84.2 Å². The van der Waals surface area contributed by atoms with Gasteiger partial charge in [0.1, 0.15) is 0 Å². The van der Waals surface area contributed by atoms with Crippen molar-refractivity contribution >= 4 is 15.7 Å². The number of hydrogen-bond acceptors (Lipinski definition) is 4. The number of rotatable bonds is 6. The molecule has 1 aromatic rings. The Morgan fingerprint density at radius 2 is 2.06 bits per heavy atom. The predicted octanol–water partition coefficient (Wildman–Crippen LogP) is 0.605. The summed E-state index contributed by atoms with van der Waals surface area (Å²) in [4.78, 5) is 0. The van der Waals surface area contributed by atoms with Crippen molar-refractivity contribution in [1.29, 1.82) is 0 Å². The largest absolute Gasteiger partial charge is 0.399 e. The van der Waals surface area contributed by atoms with Crippen LogP contribution in [0.5, 0.6) is 0 Å². The van der Waals surface area contributed by atoms with Crippen LogP contribution in [0.15, 0.2) is 18.2 Å². The first kappa shape index (κ1) is 14.9. The number of hydrogen-bond donors (Lipinski definition) is 3. The predicted molar refractivity (Wildman–Crippen MR) is 74.7 cm³/mol. The fourth-order valence-corrected chi connectivity index (χ4v) is 2.41. The molecule has 0 aliphatic rings. The highest BCUT2D eigenvalue weighted by Crippen LogP contribution is 2.12. The zero-order chi connectivity index (χ0) is 13.8. The molecule has 102 valence electrons. The minimum atomic E-state index is -3.16. The molecule has 0 aliphatic carbocycles. The molecule has 0 spiro atoms. The summed E-state index contributed by atoms with van der Waals surface area (Å²) in [6.45, 7) is 4.45. The van der Waals surface area contributed by atoms with E-state index in [1.807, 2.05) is 25.1 Å². The Morgan fingerprint density at radius 1 is 1.39 bits per heavy atom. The van der Waals surface area contributed by atoms with Gasteiger partial charge in [0.15, 0.2) is 0 Å². The van der Waals surface area contributed by atoms with E-state index in [9.17, 15) is 8.42 Å². The third-order valence-electron chi connectivity index (χ3n) is 2.59. The number of aryl methyl sites for hydroxylation is 1. The summed E-state index contributed by atoms with van der Waals surface area (Å²) in [6, 6.07) is 5.92. The van der Waals surface area contributed by atoms with Crippen LogP contribution in [-0.4, -0.2) is 27.4 Å². The number of nitrogens with one attached hydrogen (secondary N) is 2. The second-order valence-electron chi connectivity index (χ2n) is 4.51. The normalized spacial score (nSPS) is 13.5. The number of nitrogen functional groups attached to an aromatic ring is 1. The van der Waals surface area contributed by atoms with Gasteiger partial charge in [-0.2, -0.15) is 4.72 Å². The van der Waals surface area contributed by atoms with Gasteiger partial charge < -0.3 is 11.1 Å². The van der Waals surface area contributed by atoms with E-state index in [0.717, 1.165) is 23.9 Å². The zero-order valence-electron chi connectivity index (χ0n) is 11.0. The average molecular weight is 271 g/mol. The van der Waals surface area contributed by atoms with Crippen molar-refractivity contribution in [3.63, 3.8) is 0 Å². The maximum Gasteiger partial charge on any atom is 0.210 e. The van der Waals surface area contributed by atoms with Crippen molar-refractivity contribution < 1.29 is 8.42 Å². The molecule has 1 unspecified atom stereocenters. The van der Waals surface area contributed by atoms with E-state index in [1.54, 1.807) is 6.92 Å². The van der Waals surface area contributed by atoms with Gasteiger partial charge in [-0.05, 0) is 37.5 Å². The Kier molecular flexibility index (Phi) is 5.13. The fourth-order valence-electron chi connectivity index (χ4n) is 1.69. The van der Waals surface area contributed by atoms with Crippen molar-refractivity contribution in [2.45, 2.75) is 26.4 Å². The average Bonchev–Trinajstić information content (AvgIpc) is 2.20. The standard InChI is InChI=1S/C12H21N3O2S/c1-9-8-11(4-5-12(9)13)6-7-14-10(2)15-18(3,16)17/h4-5,8,10,14-15H,6-7,13H2,1-3H3. The molecule has 0 saturated heterocycles. The maximum atomic E-state index is 11.0. The van der Waals surface area contributed by atoms with Gasteiger partial charge in [0.05, 0.1) is 12.4 Å². The van der Waals surface area contributed by atoms with Gasteiger partial charge in [0.2, 0.25) is 10.0 Å². The molecular weight excluding hydrogens is 250 g/mol. The quantitative estimate of drug-likeness (QED) is 0.523. The first-order valence-corrected chi connectivity index (χ1v) is 7.73. The van der Waals surface area contributed by atoms with Gasteiger partial charge in [-0.3, -0.25) is 0 Å². The highest BCUT2D eigenvalue weighted by molar-refractivity contribution is 7.88. The van der Waals surface area contributed by atoms with E-state index in [0.29, 0.717) is 6.54 Å². The van der Waals surface area contributed by atoms with Crippen LogP contribution in [0.2, 0.25) is 0 Å². The van der Waals surface area contributed by atoms with Crippen molar-refractivity contribution in [3.05, 3.63) is 29.3 Å². The van der Waals surface area contributed by atoms with Crippen LogP contribution in [0.25, 0.3) is 0 Å². The summed E-state index contributed by atoms with van der Waals surface area (Å²) in [6.07, 6.45) is 1.71. The second kappa shape index (κ2) is 6.17. The molecule has 1 aromatic carbocycles. The number of sulfonamides is 1. The fraction of sp³-hybridized carbons (Fsp3) is 0.500. The Morgan fingerprint density at radius 3 is 2.61 bits per heavy atom. The van der Waals surface area contributed by atoms with Crippen molar-refractivity contribution in [2.75, 3.05) is 18.5 Å². The van der Waals surface area contributed by atoms with E-state index in [-0.39, 0.29) is 6.17 Å². The van der Waals surface area contributed by atoms with Gasteiger partial charge >= 0.3 is 0 Å². The third kappa shape index (κ3) is 5.48. The molecule has 18 heavy (non-hydrogen) atoms. The molecule has 0 aromatic heterocycles. The van der Waals surface area contributed by atoms with E-state index < -0.39 is 10.0 Å². The second-order valence-corrected chi connectivity index (χ2v) is 6.29. The van der Waals surface area contributed by atoms with Crippen LogP contribution in [0, 0.1) is 6.92 Å². The maximum absolute atomic E-state index is 11.0. The minimum Gasteiger partial charge on any atom is -0.399 e. The lowest BCUT2D eigenvalue weighted by Crippen LogP contribution is -2.43. The number of nitrogens with two attached hydrogens (primary N) is 1. The van der Waals surface area contributed by atoms with Crippen molar-refractivity contribution in [1.82, 2.24) is 10.0 Å². The van der Waals surface area contributed by atoms with Crippen molar-refractivity contribution in [2.24, 2.45) is 0 Å². The van der Waals surface area contributed by atoms with E-state index in [4.69, 9.17) is 5.73 Å². The first-order chi connectivity index (χ1) is 8.28. The van der Waals surface area contributed by atoms with Gasteiger partial charge in [-0.25, -0.2) is 8.42 Å². The molecule has 6 heteroatoms. The Labute approximate surface area is 109 Å². The SMILES string of the molecule is Cc1cc(CCNC(C)NS(C)(=O)=O)ccc1N. The summed E-state index contributed by atoms with van der Waals surface area (Å²) in [5, 5.41) is 3.10. The lowest BCUT2D eigenvalue weighted by atomic mass is 10.1. The highest BCUT2D eigenvalue weighted by atomic mass is 32.2. The summed E-state index contributed by atoms with van der Waals surface area (Å²) in [7, 11) is -3.16. The molecule has 0 bridgehead atoms. The van der Waals surface area contributed by atoms with Gasteiger partial charge in [-0.1, -0.05) is 12.1 Å². The van der Waals surface area contributed by atoms with Crippen LogP contribution in [-0.2, 0) is 16.4 Å². The molecular formula is C12H21N3O2S. The third-order valence-corrected chi connectivity index (χ3v) is 3.37. The molecule has 0 fully saturated rings. The van der Waals surface area contributed by atoms with Gasteiger partial charge in [-0.15, -0.1) is 0 Å². The van der Waals surface area contributed by atoms with E-state index in [2.05, 4.69) is 10.0 Å². The van der Waals surface area contributed by atoms with Gasteiger partial charge in [0.25, 0.3) is 0 Å². The van der Waals surface area contributed by atoms with E-state index >= 15 is 0 Å². The lowest BCUT2D eigenvalue weighted by molar-refractivity contribution is 0.508. The zero-order valence-corrected chi connectivity index (χ0v) is 11.8. The molecule has 5 nitrogen and oxygen atoms in total. The molecule has 0 saturated carbocycles. The molecule has 0 heterocycles. The minimum absolute atomic E-state index is 0.269. The highest BCUT2D eigenvalue weighted by Gasteiger charge is 2.07. The molecule has 0 aliphatic heterocycles. The summed E-state index contributed by atoms with van der Waals surface area (Å²) >= 11 is 0. The Bertz CT molecular complexity index is 500. The van der Waals surface area contributed by atoms with Crippen molar-refractivity contribution in [3.8, 4) is 0 Å². The van der Waals surface area contributed by atoms with Gasteiger partial charge in [0, 0.05) is 12.2 Å².